The van der Waals surface area contributed by atoms with Crippen molar-refractivity contribution in [3.05, 3.63) is 23.3 Å². The number of hydrogen-bond donors (Lipinski definition) is 2. The van der Waals surface area contributed by atoms with Gasteiger partial charge in [0.1, 0.15) is 0 Å². The number of anilines is 2. The lowest BCUT2D eigenvalue weighted by Gasteiger charge is -2.32. The van der Waals surface area contributed by atoms with E-state index in [0.717, 1.165) is 24.3 Å². The molecule has 1 aromatic carbocycles. The Hall–Kier alpha value is -1.55. The minimum atomic E-state index is 0.143. The average molecular weight is 219 g/mol. The third-order valence-electron chi connectivity index (χ3n) is 3.01. The zero-order valence-corrected chi connectivity index (χ0v) is 9.49. The Morgan fingerprint density at radius 3 is 2.88 bits per heavy atom. The molecule has 0 amide bonds. The Morgan fingerprint density at radius 1 is 1.44 bits per heavy atom. The van der Waals surface area contributed by atoms with Gasteiger partial charge in [-0.15, -0.1) is 0 Å². The Labute approximate surface area is 95.2 Å². The van der Waals surface area contributed by atoms with Crippen molar-refractivity contribution in [2.75, 3.05) is 30.3 Å². The lowest BCUT2D eigenvalue weighted by molar-refractivity contribution is 0.0981. The molecule has 0 saturated heterocycles. The molecule has 16 heavy (non-hydrogen) atoms. The second-order valence-electron chi connectivity index (χ2n) is 4.14. The van der Waals surface area contributed by atoms with Crippen LogP contribution >= 0.6 is 0 Å². The van der Waals surface area contributed by atoms with Gasteiger partial charge in [-0.1, -0.05) is 6.07 Å². The van der Waals surface area contributed by atoms with Crippen molar-refractivity contribution in [2.45, 2.75) is 13.3 Å². The highest BCUT2D eigenvalue weighted by atomic mass is 16.1. The molecule has 1 aromatic rings. The Balaban J connectivity index is 2.55. The number of carbonyl (C=O) groups excluding carboxylic acids is 1. The average Bonchev–Trinajstić information content (AvgIpc) is 2.26. The number of carbonyl (C=O) groups is 1. The molecule has 0 aromatic heterocycles. The molecule has 0 unspecified atom stereocenters. The molecule has 86 valence electrons. The molecule has 0 spiro atoms. The molecule has 0 radical (unpaired) electrons. The molecular formula is C12H17N3O. The number of hydrogen-bond acceptors (Lipinski definition) is 4. The third-order valence-corrected chi connectivity index (χ3v) is 3.01. The van der Waals surface area contributed by atoms with Crippen LogP contribution in [-0.4, -0.2) is 25.4 Å². The van der Waals surface area contributed by atoms with Crippen molar-refractivity contribution >= 4 is 17.2 Å². The summed E-state index contributed by atoms with van der Waals surface area (Å²) in [7, 11) is 0. The molecule has 2 rings (SSSR count). The normalized spacial score (nSPS) is 15.1. The van der Waals surface area contributed by atoms with Gasteiger partial charge in [0.2, 0.25) is 0 Å². The molecule has 4 N–H and O–H groups in total. The highest BCUT2D eigenvalue weighted by molar-refractivity contribution is 6.08. The molecule has 1 heterocycles. The molecule has 4 heteroatoms. The number of aryl methyl sites for hydroxylation is 1. The monoisotopic (exact) mass is 219 g/mol. The summed E-state index contributed by atoms with van der Waals surface area (Å²) in [4.78, 5) is 14.0. The van der Waals surface area contributed by atoms with E-state index in [1.807, 2.05) is 13.0 Å². The summed E-state index contributed by atoms with van der Waals surface area (Å²) >= 11 is 0. The molecule has 1 aliphatic rings. The fourth-order valence-corrected chi connectivity index (χ4v) is 2.26. The number of nitrogens with two attached hydrogens (primary N) is 2. The quantitative estimate of drug-likeness (QED) is 0.726. The molecule has 0 atom stereocenters. The largest absolute Gasteiger partial charge is 0.398 e. The lowest BCUT2D eigenvalue weighted by Crippen LogP contribution is -2.36. The van der Waals surface area contributed by atoms with E-state index in [2.05, 4.69) is 4.90 Å². The number of nitrogen functional groups attached to an aromatic ring is 1. The van der Waals surface area contributed by atoms with Gasteiger partial charge in [-0.05, 0) is 18.6 Å². The van der Waals surface area contributed by atoms with Crippen LogP contribution in [0.15, 0.2) is 12.1 Å². The van der Waals surface area contributed by atoms with Crippen LogP contribution in [0.2, 0.25) is 0 Å². The zero-order valence-electron chi connectivity index (χ0n) is 9.49. The number of Topliss-reactive ketones (excluding diaryl/α,β-unsaturated/α-hetero) is 1. The fraction of sp³-hybridized carbons (Fsp3) is 0.417. The first-order chi connectivity index (χ1) is 7.65. The van der Waals surface area contributed by atoms with Gasteiger partial charge in [0.05, 0.1) is 11.3 Å². The summed E-state index contributed by atoms with van der Waals surface area (Å²) in [5.41, 5.74) is 14.8. The van der Waals surface area contributed by atoms with E-state index < -0.39 is 0 Å². The van der Waals surface area contributed by atoms with E-state index in [0.29, 0.717) is 24.2 Å². The number of ketones is 1. The molecule has 0 bridgehead atoms. The van der Waals surface area contributed by atoms with Gasteiger partial charge in [0.25, 0.3) is 0 Å². The summed E-state index contributed by atoms with van der Waals surface area (Å²) in [6.07, 6.45) is 0.528. The number of rotatable bonds is 2. The Kier molecular flexibility index (Phi) is 2.83. The van der Waals surface area contributed by atoms with Gasteiger partial charge in [0.15, 0.2) is 5.78 Å². The number of nitrogens with zero attached hydrogens (tertiary/aromatic N) is 1. The van der Waals surface area contributed by atoms with Gasteiger partial charge in [-0.2, -0.15) is 0 Å². The standard InChI is InChI=1S/C12H17N3O/c1-8-2-3-9(14)11-10(16)4-6-15(7-5-13)12(8)11/h2-3H,4-7,13-14H2,1H3. The minimum absolute atomic E-state index is 0.143. The fourth-order valence-electron chi connectivity index (χ4n) is 2.26. The first kappa shape index (κ1) is 11.0. The topological polar surface area (TPSA) is 72.3 Å². The summed E-state index contributed by atoms with van der Waals surface area (Å²) < 4.78 is 0. The minimum Gasteiger partial charge on any atom is -0.398 e. The van der Waals surface area contributed by atoms with E-state index in [-0.39, 0.29) is 5.78 Å². The number of benzene rings is 1. The smallest absolute Gasteiger partial charge is 0.168 e. The highest BCUT2D eigenvalue weighted by Gasteiger charge is 2.26. The van der Waals surface area contributed by atoms with Gasteiger partial charge >= 0.3 is 0 Å². The molecule has 4 nitrogen and oxygen atoms in total. The first-order valence-electron chi connectivity index (χ1n) is 5.52. The summed E-state index contributed by atoms with van der Waals surface area (Å²) in [6, 6.07) is 3.76. The van der Waals surface area contributed by atoms with Crippen LogP contribution in [0, 0.1) is 6.92 Å². The Bertz CT molecular complexity index is 429. The maximum Gasteiger partial charge on any atom is 0.168 e. The lowest BCUT2D eigenvalue weighted by atomic mass is 9.95. The van der Waals surface area contributed by atoms with Crippen LogP contribution in [0.4, 0.5) is 11.4 Å². The molecule has 1 aliphatic heterocycles. The Morgan fingerprint density at radius 2 is 2.19 bits per heavy atom. The van der Waals surface area contributed by atoms with Crippen molar-refractivity contribution in [1.29, 1.82) is 0 Å². The second kappa shape index (κ2) is 4.14. The van der Waals surface area contributed by atoms with Gasteiger partial charge in [-0.3, -0.25) is 4.79 Å². The zero-order chi connectivity index (χ0) is 11.7. The SMILES string of the molecule is Cc1ccc(N)c2c1N(CCN)CCC2=O. The first-order valence-corrected chi connectivity index (χ1v) is 5.52. The van der Waals surface area contributed by atoms with Gasteiger partial charge < -0.3 is 16.4 Å². The van der Waals surface area contributed by atoms with Crippen LogP contribution in [0.1, 0.15) is 22.3 Å². The van der Waals surface area contributed by atoms with Gasteiger partial charge in [-0.25, -0.2) is 0 Å². The van der Waals surface area contributed by atoms with E-state index in [9.17, 15) is 4.79 Å². The number of fused-ring (bicyclic) bond motifs is 1. The van der Waals surface area contributed by atoms with E-state index >= 15 is 0 Å². The van der Waals surface area contributed by atoms with Crippen LogP contribution in [-0.2, 0) is 0 Å². The predicted octanol–water partition coefficient (Wildman–Crippen LogP) is 0.929. The molecular weight excluding hydrogens is 202 g/mol. The summed E-state index contributed by atoms with van der Waals surface area (Å²) in [6.45, 7) is 4.10. The third kappa shape index (κ3) is 1.65. The molecule has 0 fully saturated rings. The van der Waals surface area contributed by atoms with E-state index in [1.165, 1.54) is 0 Å². The van der Waals surface area contributed by atoms with Crippen LogP contribution < -0.4 is 16.4 Å². The van der Waals surface area contributed by atoms with E-state index in [1.54, 1.807) is 6.07 Å². The van der Waals surface area contributed by atoms with E-state index in [4.69, 9.17) is 11.5 Å². The maximum absolute atomic E-state index is 11.9. The van der Waals surface area contributed by atoms with Crippen LogP contribution in [0.5, 0.6) is 0 Å². The maximum atomic E-state index is 11.9. The highest BCUT2D eigenvalue weighted by Crippen LogP contribution is 2.34. The van der Waals surface area contributed by atoms with Crippen molar-refractivity contribution in [3.8, 4) is 0 Å². The van der Waals surface area contributed by atoms with Gasteiger partial charge in [0, 0.05) is 31.7 Å². The van der Waals surface area contributed by atoms with Crippen molar-refractivity contribution in [2.24, 2.45) is 5.73 Å². The van der Waals surface area contributed by atoms with Crippen molar-refractivity contribution in [1.82, 2.24) is 0 Å². The molecule has 0 saturated carbocycles. The van der Waals surface area contributed by atoms with Crippen molar-refractivity contribution in [3.63, 3.8) is 0 Å². The van der Waals surface area contributed by atoms with Crippen LogP contribution in [0.3, 0.4) is 0 Å². The molecule has 0 aliphatic carbocycles. The summed E-state index contributed by atoms with van der Waals surface area (Å²) in [5, 5.41) is 0. The predicted molar refractivity (Wildman–Crippen MR) is 65.8 cm³/mol. The van der Waals surface area contributed by atoms with Crippen molar-refractivity contribution < 1.29 is 4.79 Å². The second-order valence-corrected chi connectivity index (χ2v) is 4.14. The summed E-state index contributed by atoms with van der Waals surface area (Å²) in [5.74, 6) is 0.143. The van der Waals surface area contributed by atoms with Crippen LogP contribution in [0.25, 0.3) is 0 Å².